The number of hydrogen-bond donors (Lipinski definition) is 0. The van der Waals surface area contributed by atoms with Crippen molar-refractivity contribution in [1.82, 2.24) is 0 Å². The Balaban J connectivity index is 2.60. The summed E-state index contributed by atoms with van der Waals surface area (Å²) in [6.07, 6.45) is 0. The first-order valence-electron chi connectivity index (χ1n) is 6.62. The van der Waals surface area contributed by atoms with E-state index in [1.807, 2.05) is 25.3 Å². The van der Waals surface area contributed by atoms with Crippen molar-refractivity contribution in [2.24, 2.45) is 0 Å². The predicted octanol–water partition coefficient (Wildman–Crippen LogP) is 4.53. The van der Waals surface area contributed by atoms with Gasteiger partial charge in [0.15, 0.2) is 0 Å². The van der Waals surface area contributed by atoms with Gasteiger partial charge in [0.05, 0.1) is 12.0 Å². The molecule has 106 valence electrons. The Morgan fingerprint density at radius 1 is 0.950 bits per heavy atom. The second-order valence-electron chi connectivity index (χ2n) is 5.18. The Morgan fingerprint density at radius 3 is 1.90 bits per heavy atom. The van der Waals surface area contributed by atoms with Crippen molar-refractivity contribution in [2.45, 2.75) is 34.6 Å². The van der Waals surface area contributed by atoms with Gasteiger partial charge in [-0.1, -0.05) is 0 Å². The Hall–Kier alpha value is -1.61. The molecule has 0 aliphatic carbocycles. The maximum absolute atomic E-state index is 12.8. The van der Waals surface area contributed by atoms with Crippen LogP contribution in [0.25, 0.3) is 0 Å². The minimum Gasteiger partial charge on any atom is -0.496 e. The monoisotopic (exact) mass is 288 g/mol. The first kappa shape index (κ1) is 14.8. The van der Waals surface area contributed by atoms with Crippen LogP contribution in [0.2, 0.25) is 0 Å². The van der Waals surface area contributed by atoms with Crippen LogP contribution < -0.4 is 4.74 Å². The number of benzene rings is 1. The third-order valence-electron chi connectivity index (χ3n) is 4.26. The Morgan fingerprint density at radius 2 is 1.45 bits per heavy atom. The highest BCUT2D eigenvalue weighted by atomic mass is 32.1. The molecule has 2 nitrogen and oxygen atoms in total. The molecule has 1 aromatic heterocycles. The van der Waals surface area contributed by atoms with E-state index in [0.717, 1.165) is 27.3 Å². The quantitative estimate of drug-likeness (QED) is 0.776. The van der Waals surface area contributed by atoms with Gasteiger partial charge in [0.25, 0.3) is 0 Å². The molecular formula is C17H20O2S. The molecule has 0 saturated carbocycles. The molecule has 20 heavy (non-hydrogen) atoms. The lowest BCUT2D eigenvalue weighted by molar-refractivity contribution is 0.104. The predicted molar refractivity (Wildman–Crippen MR) is 84.4 cm³/mol. The van der Waals surface area contributed by atoms with Crippen LogP contribution in [0.15, 0.2) is 11.4 Å². The largest absolute Gasteiger partial charge is 0.496 e. The molecular weight excluding hydrogens is 268 g/mol. The van der Waals surface area contributed by atoms with E-state index in [2.05, 4.69) is 20.8 Å². The van der Waals surface area contributed by atoms with E-state index in [4.69, 9.17) is 4.74 Å². The van der Waals surface area contributed by atoms with Crippen molar-refractivity contribution in [3.63, 3.8) is 0 Å². The van der Waals surface area contributed by atoms with Gasteiger partial charge >= 0.3 is 0 Å². The number of rotatable bonds is 3. The van der Waals surface area contributed by atoms with Gasteiger partial charge in [-0.3, -0.25) is 4.79 Å². The first-order valence-corrected chi connectivity index (χ1v) is 7.50. The van der Waals surface area contributed by atoms with Crippen molar-refractivity contribution < 1.29 is 9.53 Å². The van der Waals surface area contributed by atoms with Crippen molar-refractivity contribution >= 4 is 17.1 Å². The van der Waals surface area contributed by atoms with Crippen LogP contribution in [0, 0.1) is 34.6 Å². The fraction of sp³-hybridized carbons (Fsp3) is 0.353. The molecule has 0 saturated heterocycles. The molecule has 0 amide bonds. The van der Waals surface area contributed by atoms with Crippen molar-refractivity contribution in [3.8, 4) is 5.75 Å². The molecule has 0 spiro atoms. The van der Waals surface area contributed by atoms with Crippen molar-refractivity contribution in [3.05, 3.63) is 49.7 Å². The smallest absolute Gasteiger partial charge is 0.203 e. The molecule has 2 rings (SSSR count). The summed E-state index contributed by atoms with van der Waals surface area (Å²) in [5, 5.41) is 1.87. The van der Waals surface area contributed by atoms with Crippen LogP contribution in [0.1, 0.15) is 43.1 Å². The zero-order valence-electron chi connectivity index (χ0n) is 12.9. The molecule has 0 radical (unpaired) electrons. The first-order chi connectivity index (χ1) is 9.38. The lowest BCUT2D eigenvalue weighted by Gasteiger charge is -2.17. The molecule has 2 aromatic rings. The molecule has 0 bridgehead atoms. The summed E-state index contributed by atoms with van der Waals surface area (Å²) in [7, 11) is 1.62. The Bertz CT molecular complexity index is 652. The Kier molecular flexibility index (Phi) is 4.00. The van der Waals surface area contributed by atoms with E-state index >= 15 is 0 Å². The molecule has 0 fully saturated rings. The number of carbonyl (C=O) groups is 1. The molecule has 0 unspecified atom stereocenters. The van der Waals surface area contributed by atoms with Gasteiger partial charge in [-0.25, -0.2) is 0 Å². The molecule has 0 aliphatic heterocycles. The number of ether oxygens (including phenoxy) is 1. The van der Waals surface area contributed by atoms with Gasteiger partial charge in [0.1, 0.15) is 5.75 Å². The number of thiophene rings is 1. The third-order valence-corrected chi connectivity index (χ3v) is 5.17. The zero-order chi connectivity index (χ0) is 15.0. The minimum absolute atomic E-state index is 0.0968. The lowest BCUT2D eigenvalue weighted by atomic mass is 9.87. The second-order valence-corrected chi connectivity index (χ2v) is 6.09. The van der Waals surface area contributed by atoms with Crippen LogP contribution >= 0.6 is 11.3 Å². The van der Waals surface area contributed by atoms with Crippen LogP contribution in [-0.2, 0) is 0 Å². The van der Waals surface area contributed by atoms with Gasteiger partial charge in [-0.05, 0) is 62.4 Å². The van der Waals surface area contributed by atoms with Gasteiger partial charge in [-0.2, -0.15) is 0 Å². The summed E-state index contributed by atoms with van der Waals surface area (Å²) >= 11 is 1.44. The summed E-state index contributed by atoms with van der Waals surface area (Å²) < 4.78 is 5.17. The van der Waals surface area contributed by atoms with Gasteiger partial charge < -0.3 is 4.74 Å². The number of methoxy groups -OCH3 is 1. The van der Waals surface area contributed by atoms with E-state index in [0.29, 0.717) is 0 Å². The Labute approximate surface area is 124 Å². The number of hydrogen-bond acceptors (Lipinski definition) is 3. The SMILES string of the molecule is COc1csc(C(=O)c2c(C)c(C)c(C)c(C)c2C)c1. The van der Waals surface area contributed by atoms with Crippen molar-refractivity contribution in [2.75, 3.05) is 7.11 Å². The molecule has 3 heteroatoms. The summed E-state index contributed by atoms with van der Waals surface area (Å²) in [6, 6.07) is 1.82. The average Bonchev–Trinajstić information content (AvgIpc) is 2.92. The van der Waals surface area contributed by atoms with E-state index in [1.54, 1.807) is 7.11 Å². The fourth-order valence-corrected chi connectivity index (χ4v) is 3.31. The normalized spacial score (nSPS) is 10.7. The average molecular weight is 288 g/mol. The second kappa shape index (κ2) is 5.41. The van der Waals surface area contributed by atoms with Crippen LogP contribution in [0.4, 0.5) is 0 Å². The fourth-order valence-electron chi connectivity index (χ4n) is 2.51. The molecule has 0 aliphatic rings. The summed E-state index contributed by atoms with van der Waals surface area (Å²) in [6.45, 7) is 10.4. The van der Waals surface area contributed by atoms with Crippen molar-refractivity contribution in [1.29, 1.82) is 0 Å². The van der Waals surface area contributed by atoms with Crippen LogP contribution in [-0.4, -0.2) is 12.9 Å². The maximum Gasteiger partial charge on any atom is 0.203 e. The van der Waals surface area contributed by atoms with Crippen LogP contribution in [0.5, 0.6) is 5.75 Å². The molecule has 0 atom stereocenters. The molecule has 1 aromatic carbocycles. The topological polar surface area (TPSA) is 26.3 Å². The summed E-state index contributed by atoms with van der Waals surface area (Å²) in [4.78, 5) is 13.5. The highest BCUT2D eigenvalue weighted by molar-refractivity contribution is 7.12. The third kappa shape index (κ3) is 2.27. The van der Waals surface area contributed by atoms with E-state index in [9.17, 15) is 4.79 Å². The standard InChI is InChI=1S/C17H20O2S/c1-9-10(2)12(4)16(13(5)11(9)3)17(18)15-7-14(19-6)8-20-15/h7-8H,1-6H3. The minimum atomic E-state index is 0.0968. The highest BCUT2D eigenvalue weighted by Crippen LogP contribution is 2.30. The zero-order valence-corrected chi connectivity index (χ0v) is 13.7. The molecule has 1 heterocycles. The summed E-state index contributed by atoms with van der Waals surface area (Å²) in [5.41, 5.74) is 6.71. The number of carbonyl (C=O) groups excluding carboxylic acids is 1. The number of ketones is 1. The molecule has 0 N–H and O–H groups in total. The van der Waals surface area contributed by atoms with E-state index in [1.165, 1.54) is 28.0 Å². The van der Waals surface area contributed by atoms with Gasteiger partial charge in [0.2, 0.25) is 5.78 Å². The highest BCUT2D eigenvalue weighted by Gasteiger charge is 2.20. The maximum atomic E-state index is 12.8. The lowest BCUT2D eigenvalue weighted by Crippen LogP contribution is -2.09. The summed E-state index contributed by atoms with van der Waals surface area (Å²) in [5.74, 6) is 0.841. The van der Waals surface area contributed by atoms with E-state index in [-0.39, 0.29) is 5.78 Å². The van der Waals surface area contributed by atoms with Crippen LogP contribution in [0.3, 0.4) is 0 Å². The van der Waals surface area contributed by atoms with Gasteiger partial charge in [-0.15, -0.1) is 11.3 Å². The van der Waals surface area contributed by atoms with Gasteiger partial charge in [0, 0.05) is 17.0 Å². The van der Waals surface area contributed by atoms with E-state index < -0.39 is 0 Å².